The lowest BCUT2D eigenvalue weighted by Gasteiger charge is -2.19. The minimum atomic E-state index is 0.811. The van der Waals surface area contributed by atoms with Gasteiger partial charge in [-0.15, -0.1) is 11.3 Å². The summed E-state index contributed by atoms with van der Waals surface area (Å²) in [6.45, 7) is 4.03. The molecule has 0 bridgehead atoms. The van der Waals surface area contributed by atoms with Gasteiger partial charge in [-0.3, -0.25) is 0 Å². The second kappa shape index (κ2) is 5.41. The van der Waals surface area contributed by atoms with Crippen LogP contribution in [0.1, 0.15) is 6.42 Å². The molecule has 6 heteroatoms. The molecular weight excluding hydrogens is 246 g/mol. The highest BCUT2D eigenvalue weighted by Gasteiger charge is 2.13. The van der Waals surface area contributed by atoms with Gasteiger partial charge in [0.15, 0.2) is 0 Å². The summed E-state index contributed by atoms with van der Waals surface area (Å²) in [4.78, 5) is 15.5. The molecule has 0 unspecified atom stereocenters. The predicted octanol–water partition coefficient (Wildman–Crippen LogP) is 1.40. The summed E-state index contributed by atoms with van der Waals surface area (Å²) in [6.07, 6.45) is 4.75. The van der Waals surface area contributed by atoms with Crippen molar-refractivity contribution in [2.45, 2.75) is 6.42 Å². The monoisotopic (exact) mass is 261 g/mol. The summed E-state index contributed by atoms with van der Waals surface area (Å²) in [6, 6.07) is 1.92. The Labute approximate surface area is 110 Å². The lowest BCUT2D eigenvalue weighted by Crippen LogP contribution is -2.29. The number of thiazole rings is 1. The molecule has 1 fully saturated rings. The molecule has 0 aliphatic carbocycles. The van der Waals surface area contributed by atoms with Gasteiger partial charge < -0.3 is 10.2 Å². The Morgan fingerprint density at radius 2 is 2.17 bits per heavy atom. The first-order chi connectivity index (χ1) is 8.93. The topological polar surface area (TPSA) is 53.9 Å². The van der Waals surface area contributed by atoms with E-state index in [0.29, 0.717) is 0 Å². The lowest BCUT2D eigenvalue weighted by atomic mass is 10.4. The Morgan fingerprint density at radius 3 is 3.06 bits per heavy atom. The fourth-order valence-corrected chi connectivity index (χ4v) is 2.62. The van der Waals surface area contributed by atoms with Crippen molar-refractivity contribution in [2.75, 3.05) is 31.1 Å². The summed E-state index contributed by atoms with van der Waals surface area (Å²) in [7, 11) is 0. The van der Waals surface area contributed by atoms with Crippen LogP contribution in [0.15, 0.2) is 23.8 Å². The minimum Gasteiger partial charge on any atom is -0.339 e. The first-order valence-electron chi connectivity index (χ1n) is 6.12. The van der Waals surface area contributed by atoms with Crippen molar-refractivity contribution in [1.29, 1.82) is 0 Å². The zero-order valence-corrected chi connectivity index (χ0v) is 10.9. The van der Waals surface area contributed by atoms with Gasteiger partial charge in [0.2, 0.25) is 5.95 Å². The van der Waals surface area contributed by atoms with Crippen LogP contribution in [0.4, 0.5) is 5.95 Å². The SMILES string of the molecule is c1cc(-c2nccs2)nc(N2CCCNCC2)n1. The zero-order chi connectivity index (χ0) is 12.2. The van der Waals surface area contributed by atoms with E-state index in [4.69, 9.17) is 0 Å². The van der Waals surface area contributed by atoms with Crippen molar-refractivity contribution in [1.82, 2.24) is 20.3 Å². The maximum atomic E-state index is 4.62. The second-order valence-corrected chi connectivity index (χ2v) is 5.06. The summed E-state index contributed by atoms with van der Waals surface area (Å²) in [5.74, 6) is 0.811. The van der Waals surface area contributed by atoms with Crippen LogP contribution < -0.4 is 10.2 Å². The molecule has 0 saturated carbocycles. The van der Waals surface area contributed by atoms with Crippen LogP contribution in [0.2, 0.25) is 0 Å². The highest BCUT2D eigenvalue weighted by Crippen LogP contribution is 2.21. The number of aromatic nitrogens is 3. The normalized spacial score (nSPS) is 16.6. The number of hydrogen-bond donors (Lipinski definition) is 1. The summed E-state index contributed by atoms with van der Waals surface area (Å²) >= 11 is 1.60. The van der Waals surface area contributed by atoms with Crippen molar-refractivity contribution in [3.63, 3.8) is 0 Å². The molecule has 0 amide bonds. The van der Waals surface area contributed by atoms with Crippen LogP contribution in [-0.4, -0.2) is 41.1 Å². The van der Waals surface area contributed by atoms with Crippen molar-refractivity contribution >= 4 is 17.3 Å². The van der Waals surface area contributed by atoms with Gasteiger partial charge in [0, 0.05) is 37.4 Å². The smallest absolute Gasteiger partial charge is 0.225 e. The Bertz CT molecular complexity index is 491. The van der Waals surface area contributed by atoms with Gasteiger partial charge in [-0.05, 0) is 19.0 Å². The van der Waals surface area contributed by atoms with E-state index in [1.807, 2.05) is 17.6 Å². The quantitative estimate of drug-likeness (QED) is 0.885. The fraction of sp³-hybridized carbons (Fsp3) is 0.417. The number of hydrogen-bond acceptors (Lipinski definition) is 6. The molecule has 0 atom stereocenters. The molecule has 5 nitrogen and oxygen atoms in total. The standard InChI is InChI=1S/C12H15N5S/c1-3-13-5-8-17(7-1)12-15-4-2-10(16-12)11-14-6-9-18-11/h2,4,6,9,13H,1,3,5,7-8H2. The molecule has 1 N–H and O–H groups in total. The van der Waals surface area contributed by atoms with E-state index in [-0.39, 0.29) is 0 Å². The highest BCUT2D eigenvalue weighted by molar-refractivity contribution is 7.13. The van der Waals surface area contributed by atoms with Crippen LogP contribution in [0.25, 0.3) is 10.7 Å². The average molecular weight is 261 g/mol. The zero-order valence-electron chi connectivity index (χ0n) is 10.0. The van der Waals surface area contributed by atoms with E-state index in [1.165, 1.54) is 0 Å². The highest BCUT2D eigenvalue weighted by atomic mass is 32.1. The van der Waals surface area contributed by atoms with E-state index < -0.39 is 0 Å². The first kappa shape index (κ1) is 11.6. The van der Waals surface area contributed by atoms with Crippen LogP contribution in [0, 0.1) is 0 Å². The molecule has 0 radical (unpaired) electrons. The van der Waals surface area contributed by atoms with Crippen molar-refractivity contribution in [3.05, 3.63) is 23.8 Å². The molecule has 2 aromatic heterocycles. The van der Waals surface area contributed by atoms with Gasteiger partial charge in [-0.25, -0.2) is 15.0 Å². The molecular formula is C12H15N5S. The average Bonchev–Trinajstić information content (AvgIpc) is 2.82. The molecule has 94 valence electrons. The van der Waals surface area contributed by atoms with Crippen molar-refractivity contribution in [3.8, 4) is 10.7 Å². The number of nitrogens with zero attached hydrogens (tertiary/aromatic N) is 4. The van der Waals surface area contributed by atoms with E-state index in [0.717, 1.165) is 49.2 Å². The third kappa shape index (κ3) is 2.49. The molecule has 3 rings (SSSR count). The van der Waals surface area contributed by atoms with E-state index in [9.17, 15) is 0 Å². The van der Waals surface area contributed by atoms with Gasteiger partial charge >= 0.3 is 0 Å². The van der Waals surface area contributed by atoms with Gasteiger partial charge in [0.25, 0.3) is 0 Å². The van der Waals surface area contributed by atoms with Crippen LogP contribution in [0.3, 0.4) is 0 Å². The van der Waals surface area contributed by atoms with Crippen LogP contribution >= 0.6 is 11.3 Å². The lowest BCUT2D eigenvalue weighted by molar-refractivity contribution is 0.724. The minimum absolute atomic E-state index is 0.811. The number of anilines is 1. The Balaban J connectivity index is 1.86. The molecule has 3 heterocycles. The molecule has 2 aromatic rings. The summed E-state index contributed by atoms with van der Waals surface area (Å²) in [5.41, 5.74) is 0.909. The summed E-state index contributed by atoms with van der Waals surface area (Å²) in [5, 5.41) is 6.30. The fourth-order valence-electron chi connectivity index (χ4n) is 2.02. The van der Waals surface area contributed by atoms with Crippen molar-refractivity contribution < 1.29 is 0 Å². The van der Waals surface area contributed by atoms with E-state index in [2.05, 4.69) is 25.2 Å². The van der Waals surface area contributed by atoms with Gasteiger partial charge in [-0.1, -0.05) is 0 Å². The molecule has 1 aliphatic rings. The van der Waals surface area contributed by atoms with Crippen molar-refractivity contribution in [2.24, 2.45) is 0 Å². The molecule has 0 spiro atoms. The van der Waals surface area contributed by atoms with Crippen LogP contribution in [-0.2, 0) is 0 Å². The Kier molecular flexibility index (Phi) is 3.47. The molecule has 0 aromatic carbocycles. The maximum Gasteiger partial charge on any atom is 0.225 e. The third-order valence-corrected chi connectivity index (χ3v) is 3.71. The van der Waals surface area contributed by atoms with E-state index in [1.54, 1.807) is 17.5 Å². The van der Waals surface area contributed by atoms with Gasteiger partial charge in [0.05, 0.1) is 0 Å². The second-order valence-electron chi connectivity index (χ2n) is 4.17. The Hall–Kier alpha value is -1.53. The predicted molar refractivity (Wildman–Crippen MR) is 72.8 cm³/mol. The summed E-state index contributed by atoms with van der Waals surface area (Å²) < 4.78 is 0. The van der Waals surface area contributed by atoms with Crippen LogP contribution in [0.5, 0.6) is 0 Å². The number of rotatable bonds is 2. The largest absolute Gasteiger partial charge is 0.339 e. The van der Waals surface area contributed by atoms with E-state index >= 15 is 0 Å². The van der Waals surface area contributed by atoms with Gasteiger partial charge in [0.1, 0.15) is 10.7 Å². The van der Waals surface area contributed by atoms with Gasteiger partial charge in [-0.2, -0.15) is 0 Å². The third-order valence-electron chi connectivity index (χ3n) is 2.92. The number of nitrogens with one attached hydrogen (secondary N) is 1. The first-order valence-corrected chi connectivity index (χ1v) is 7.00. The Morgan fingerprint density at radius 1 is 1.17 bits per heavy atom. The molecule has 1 aliphatic heterocycles. The molecule has 18 heavy (non-hydrogen) atoms. The molecule has 1 saturated heterocycles. The maximum absolute atomic E-state index is 4.62.